The van der Waals surface area contributed by atoms with Gasteiger partial charge in [0.1, 0.15) is 0 Å². The van der Waals surface area contributed by atoms with Gasteiger partial charge in [-0.2, -0.15) is 4.39 Å². The second-order valence-electron chi connectivity index (χ2n) is 3.44. The monoisotopic (exact) mass is 253 g/mol. The van der Waals surface area contributed by atoms with Crippen molar-refractivity contribution >= 4 is 5.97 Å². The molecule has 2 aromatic rings. The van der Waals surface area contributed by atoms with E-state index in [9.17, 15) is 18.0 Å². The molecule has 1 heterocycles. The van der Waals surface area contributed by atoms with Gasteiger partial charge in [0.15, 0.2) is 11.6 Å². The molecule has 1 N–H and O–H groups in total. The van der Waals surface area contributed by atoms with Crippen molar-refractivity contribution in [2.45, 2.75) is 0 Å². The summed E-state index contributed by atoms with van der Waals surface area (Å²) in [5, 5.41) is 8.90. The molecule has 0 atom stereocenters. The van der Waals surface area contributed by atoms with Gasteiger partial charge in [0, 0.05) is 5.56 Å². The molecule has 0 aliphatic rings. The van der Waals surface area contributed by atoms with Crippen LogP contribution in [0.5, 0.6) is 0 Å². The van der Waals surface area contributed by atoms with Gasteiger partial charge < -0.3 is 5.11 Å². The van der Waals surface area contributed by atoms with Crippen LogP contribution in [-0.2, 0) is 0 Å². The van der Waals surface area contributed by atoms with Gasteiger partial charge in [-0.1, -0.05) is 6.07 Å². The minimum Gasteiger partial charge on any atom is -0.478 e. The first-order valence-electron chi connectivity index (χ1n) is 4.85. The molecule has 0 aliphatic heterocycles. The minimum atomic E-state index is -1.40. The van der Waals surface area contributed by atoms with Crippen molar-refractivity contribution in [2.75, 3.05) is 0 Å². The maximum atomic E-state index is 13.5. The fraction of sp³-hybridized carbons (Fsp3) is 0. The van der Waals surface area contributed by atoms with E-state index in [1.54, 1.807) is 0 Å². The van der Waals surface area contributed by atoms with Crippen molar-refractivity contribution in [3.8, 4) is 11.3 Å². The molecule has 0 aliphatic carbocycles. The van der Waals surface area contributed by atoms with Gasteiger partial charge in [0.05, 0.1) is 11.3 Å². The lowest BCUT2D eigenvalue weighted by atomic mass is 10.1. The summed E-state index contributed by atoms with van der Waals surface area (Å²) in [7, 11) is 0. The van der Waals surface area contributed by atoms with Crippen LogP contribution < -0.4 is 0 Å². The van der Waals surface area contributed by atoms with E-state index in [0.29, 0.717) is 0 Å². The molecule has 0 bridgehead atoms. The third-order valence-corrected chi connectivity index (χ3v) is 2.30. The van der Waals surface area contributed by atoms with Crippen molar-refractivity contribution in [3.05, 3.63) is 53.5 Å². The molecule has 0 fully saturated rings. The Morgan fingerprint density at radius 2 is 1.83 bits per heavy atom. The Labute approximate surface area is 99.5 Å². The molecule has 0 unspecified atom stereocenters. The fourth-order valence-electron chi connectivity index (χ4n) is 1.50. The highest BCUT2D eigenvalue weighted by molar-refractivity contribution is 5.94. The predicted octanol–water partition coefficient (Wildman–Crippen LogP) is 2.86. The van der Waals surface area contributed by atoms with Crippen LogP contribution in [0.25, 0.3) is 11.3 Å². The number of benzene rings is 1. The number of rotatable bonds is 2. The molecule has 0 radical (unpaired) electrons. The molecule has 92 valence electrons. The van der Waals surface area contributed by atoms with Gasteiger partial charge in [-0.05, 0) is 24.3 Å². The highest BCUT2D eigenvalue weighted by Crippen LogP contribution is 2.26. The normalized spacial score (nSPS) is 10.4. The summed E-state index contributed by atoms with van der Waals surface area (Å²) >= 11 is 0. The third kappa shape index (κ3) is 2.04. The van der Waals surface area contributed by atoms with Crippen LogP contribution in [0.15, 0.2) is 30.3 Å². The maximum Gasteiger partial charge on any atom is 0.337 e. The molecule has 1 aromatic carbocycles. The molecule has 3 nitrogen and oxygen atoms in total. The summed E-state index contributed by atoms with van der Waals surface area (Å²) in [6, 6.07) is 4.98. The number of carbonyl (C=O) groups is 1. The Hall–Kier alpha value is -2.37. The molecule has 0 spiro atoms. The van der Waals surface area contributed by atoms with E-state index in [0.717, 1.165) is 24.3 Å². The lowest BCUT2D eigenvalue weighted by Gasteiger charge is -2.06. The van der Waals surface area contributed by atoms with Crippen LogP contribution in [0.4, 0.5) is 13.2 Å². The second-order valence-corrected chi connectivity index (χ2v) is 3.44. The van der Waals surface area contributed by atoms with Gasteiger partial charge >= 0.3 is 5.97 Å². The van der Waals surface area contributed by atoms with E-state index in [4.69, 9.17) is 5.11 Å². The van der Waals surface area contributed by atoms with E-state index in [2.05, 4.69) is 4.98 Å². The van der Waals surface area contributed by atoms with E-state index in [1.165, 1.54) is 6.07 Å². The number of aromatic nitrogens is 1. The van der Waals surface area contributed by atoms with Crippen LogP contribution >= 0.6 is 0 Å². The Morgan fingerprint density at radius 3 is 2.50 bits per heavy atom. The second kappa shape index (κ2) is 4.48. The van der Waals surface area contributed by atoms with Crippen LogP contribution in [0.1, 0.15) is 10.4 Å². The zero-order chi connectivity index (χ0) is 13.3. The smallest absolute Gasteiger partial charge is 0.337 e. The summed E-state index contributed by atoms with van der Waals surface area (Å²) in [6.07, 6.45) is 0. The highest BCUT2D eigenvalue weighted by Gasteiger charge is 2.19. The number of nitrogens with zero attached hydrogens (tertiary/aromatic N) is 1. The molecule has 18 heavy (non-hydrogen) atoms. The van der Waals surface area contributed by atoms with Gasteiger partial charge in [-0.25, -0.2) is 18.6 Å². The van der Waals surface area contributed by atoms with Crippen LogP contribution in [0.2, 0.25) is 0 Å². The van der Waals surface area contributed by atoms with Crippen molar-refractivity contribution in [1.29, 1.82) is 0 Å². The molecule has 0 saturated heterocycles. The average Bonchev–Trinajstić information content (AvgIpc) is 2.32. The SMILES string of the molecule is O=C(O)c1ccc(F)nc1-c1cccc(F)c1F. The van der Waals surface area contributed by atoms with Crippen LogP contribution in [0.3, 0.4) is 0 Å². The maximum absolute atomic E-state index is 13.5. The zero-order valence-electron chi connectivity index (χ0n) is 8.82. The third-order valence-electron chi connectivity index (χ3n) is 2.30. The van der Waals surface area contributed by atoms with Gasteiger partial charge in [-0.15, -0.1) is 0 Å². The van der Waals surface area contributed by atoms with Crippen molar-refractivity contribution < 1.29 is 23.1 Å². The predicted molar refractivity (Wildman–Crippen MR) is 56.5 cm³/mol. The highest BCUT2D eigenvalue weighted by atomic mass is 19.2. The fourth-order valence-corrected chi connectivity index (χ4v) is 1.50. The molecular weight excluding hydrogens is 247 g/mol. The Bertz CT molecular complexity index is 629. The number of carboxylic acid groups (broad SMARTS) is 1. The van der Waals surface area contributed by atoms with E-state index < -0.39 is 40.4 Å². The molecule has 1 aromatic heterocycles. The molecule has 0 amide bonds. The van der Waals surface area contributed by atoms with Gasteiger partial charge in [0.2, 0.25) is 5.95 Å². The quantitative estimate of drug-likeness (QED) is 0.837. The molecule has 2 rings (SSSR count). The molecule has 6 heteroatoms. The van der Waals surface area contributed by atoms with Gasteiger partial charge in [-0.3, -0.25) is 0 Å². The van der Waals surface area contributed by atoms with E-state index >= 15 is 0 Å². The summed E-state index contributed by atoms with van der Waals surface area (Å²) < 4.78 is 39.6. The number of hydrogen-bond donors (Lipinski definition) is 1. The first-order valence-corrected chi connectivity index (χ1v) is 4.85. The number of carboxylic acids is 1. The lowest BCUT2D eigenvalue weighted by molar-refractivity contribution is 0.0697. The topological polar surface area (TPSA) is 50.2 Å². The summed E-state index contributed by atoms with van der Waals surface area (Å²) in [5.41, 5.74) is -1.24. The standard InChI is InChI=1S/C12H6F3NO2/c13-8-3-1-2-6(10(8)15)11-7(12(17)18)4-5-9(14)16-11/h1-5H,(H,17,18). The van der Waals surface area contributed by atoms with Gasteiger partial charge in [0.25, 0.3) is 0 Å². The number of pyridine rings is 1. The van der Waals surface area contributed by atoms with Crippen molar-refractivity contribution in [2.24, 2.45) is 0 Å². The largest absolute Gasteiger partial charge is 0.478 e. The summed E-state index contributed by atoms with van der Waals surface area (Å²) in [5.74, 6) is -4.80. The zero-order valence-corrected chi connectivity index (χ0v) is 8.82. The Balaban J connectivity index is 2.73. The Kier molecular flexibility index (Phi) is 3.01. The lowest BCUT2D eigenvalue weighted by Crippen LogP contribution is -2.04. The minimum absolute atomic E-state index is 0.396. The first kappa shape index (κ1) is 12.1. The van der Waals surface area contributed by atoms with Crippen molar-refractivity contribution in [1.82, 2.24) is 4.98 Å². The summed E-state index contributed by atoms with van der Waals surface area (Å²) in [4.78, 5) is 14.2. The van der Waals surface area contributed by atoms with Crippen LogP contribution in [0, 0.1) is 17.6 Å². The van der Waals surface area contributed by atoms with E-state index in [1.807, 2.05) is 0 Å². The first-order chi connectivity index (χ1) is 8.50. The van der Waals surface area contributed by atoms with Crippen molar-refractivity contribution in [3.63, 3.8) is 0 Å². The summed E-state index contributed by atoms with van der Waals surface area (Å²) in [6.45, 7) is 0. The number of hydrogen-bond acceptors (Lipinski definition) is 2. The Morgan fingerprint density at radius 1 is 1.11 bits per heavy atom. The number of halogens is 3. The van der Waals surface area contributed by atoms with E-state index in [-0.39, 0.29) is 0 Å². The average molecular weight is 253 g/mol. The number of aromatic carboxylic acids is 1. The molecular formula is C12H6F3NO2. The van der Waals surface area contributed by atoms with Crippen LogP contribution in [-0.4, -0.2) is 16.1 Å². The molecule has 0 saturated carbocycles.